The SMILES string of the molecule is Cc1cccc(N2CCN(c3cn[nH]c(=S)n3)CC2)c1C. The molecule has 0 atom stereocenters. The number of rotatable bonds is 2. The minimum Gasteiger partial charge on any atom is -0.368 e. The van der Waals surface area contributed by atoms with Crippen molar-refractivity contribution in [2.24, 2.45) is 0 Å². The molecule has 1 aromatic carbocycles. The number of H-pyrrole nitrogens is 1. The molecule has 0 aliphatic carbocycles. The van der Waals surface area contributed by atoms with E-state index in [0.29, 0.717) is 4.77 Å². The second kappa shape index (κ2) is 5.81. The lowest BCUT2D eigenvalue weighted by Crippen LogP contribution is -2.47. The number of nitrogens with one attached hydrogen (secondary N) is 1. The fourth-order valence-corrected chi connectivity index (χ4v) is 2.86. The molecular formula is C15H19N5S. The average Bonchev–Trinajstić information content (AvgIpc) is 2.50. The van der Waals surface area contributed by atoms with Gasteiger partial charge in [-0.1, -0.05) is 12.1 Å². The summed E-state index contributed by atoms with van der Waals surface area (Å²) in [4.78, 5) is 9.01. The van der Waals surface area contributed by atoms with E-state index in [1.165, 1.54) is 16.8 Å². The first kappa shape index (κ1) is 14.0. The van der Waals surface area contributed by atoms with Crippen LogP contribution in [0.3, 0.4) is 0 Å². The lowest BCUT2D eigenvalue weighted by Gasteiger charge is -2.37. The molecule has 0 radical (unpaired) electrons. The first-order valence-corrected chi connectivity index (χ1v) is 7.54. The number of benzene rings is 1. The van der Waals surface area contributed by atoms with Crippen molar-refractivity contribution in [2.75, 3.05) is 36.0 Å². The van der Waals surface area contributed by atoms with Crippen molar-refractivity contribution in [2.45, 2.75) is 13.8 Å². The van der Waals surface area contributed by atoms with Crippen LogP contribution in [0.25, 0.3) is 0 Å². The molecule has 110 valence electrons. The van der Waals surface area contributed by atoms with E-state index in [4.69, 9.17) is 12.2 Å². The van der Waals surface area contributed by atoms with E-state index in [1.807, 2.05) is 0 Å². The molecule has 6 heteroatoms. The molecular weight excluding hydrogens is 282 g/mol. The van der Waals surface area contributed by atoms with Crippen LogP contribution in [0, 0.1) is 18.6 Å². The number of piperazine rings is 1. The van der Waals surface area contributed by atoms with E-state index < -0.39 is 0 Å². The Labute approximate surface area is 129 Å². The van der Waals surface area contributed by atoms with Gasteiger partial charge in [0.05, 0.1) is 6.20 Å². The number of aryl methyl sites for hydroxylation is 1. The Morgan fingerprint density at radius 2 is 1.81 bits per heavy atom. The van der Waals surface area contributed by atoms with Gasteiger partial charge in [-0.2, -0.15) is 10.1 Å². The number of aromatic amines is 1. The number of anilines is 2. The van der Waals surface area contributed by atoms with Crippen molar-refractivity contribution in [1.29, 1.82) is 0 Å². The third kappa shape index (κ3) is 2.90. The molecule has 1 aromatic heterocycles. The summed E-state index contributed by atoms with van der Waals surface area (Å²) in [6.07, 6.45) is 1.74. The summed E-state index contributed by atoms with van der Waals surface area (Å²) in [5, 5.41) is 6.69. The number of hydrogen-bond donors (Lipinski definition) is 1. The fraction of sp³-hybridized carbons (Fsp3) is 0.400. The highest BCUT2D eigenvalue weighted by molar-refractivity contribution is 7.71. The van der Waals surface area contributed by atoms with E-state index in [1.54, 1.807) is 6.20 Å². The zero-order valence-corrected chi connectivity index (χ0v) is 13.2. The van der Waals surface area contributed by atoms with Gasteiger partial charge in [-0.15, -0.1) is 0 Å². The zero-order chi connectivity index (χ0) is 14.8. The molecule has 1 fully saturated rings. The van der Waals surface area contributed by atoms with Gasteiger partial charge in [0.2, 0.25) is 4.77 Å². The Morgan fingerprint density at radius 3 is 2.52 bits per heavy atom. The van der Waals surface area contributed by atoms with Gasteiger partial charge in [-0.25, -0.2) is 0 Å². The van der Waals surface area contributed by atoms with Crippen LogP contribution in [0.2, 0.25) is 0 Å². The van der Waals surface area contributed by atoms with E-state index in [2.05, 4.69) is 57.0 Å². The van der Waals surface area contributed by atoms with Crippen molar-refractivity contribution in [1.82, 2.24) is 15.2 Å². The zero-order valence-electron chi connectivity index (χ0n) is 12.3. The van der Waals surface area contributed by atoms with Crippen LogP contribution in [-0.4, -0.2) is 41.4 Å². The molecule has 5 nitrogen and oxygen atoms in total. The maximum atomic E-state index is 5.03. The van der Waals surface area contributed by atoms with Gasteiger partial charge in [0, 0.05) is 31.9 Å². The van der Waals surface area contributed by atoms with Crippen molar-refractivity contribution < 1.29 is 0 Å². The Kier molecular flexibility index (Phi) is 3.88. The van der Waals surface area contributed by atoms with Crippen LogP contribution in [0.4, 0.5) is 11.5 Å². The van der Waals surface area contributed by atoms with Crippen LogP contribution in [0.1, 0.15) is 11.1 Å². The van der Waals surface area contributed by atoms with Gasteiger partial charge >= 0.3 is 0 Å². The summed E-state index contributed by atoms with van der Waals surface area (Å²) in [7, 11) is 0. The standard InChI is InChI=1S/C15H19N5S/c1-11-4-3-5-13(12(11)2)19-6-8-20(9-7-19)14-10-16-18-15(21)17-14/h3-5,10H,6-9H2,1-2H3,(H,17,18,21). The second-order valence-electron chi connectivity index (χ2n) is 5.34. The molecule has 1 aliphatic heterocycles. The maximum absolute atomic E-state index is 5.03. The first-order valence-electron chi connectivity index (χ1n) is 7.13. The molecule has 0 saturated carbocycles. The quantitative estimate of drug-likeness (QED) is 0.864. The van der Waals surface area contributed by atoms with E-state index in [0.717, 1.165) is 32.0 Å². The highest BCUT2D eigenvalue weighted by atomic mass is 32.1. The van der Waals surface area contributed by atoms with Crippen molar-refractivity contribution in [3.05, 3.63) is 40.3 Å². The molecule has 21 heavy (non-hydrogen) atoms. The molecule has 0 unspecified atom stereocenters. The van der Waals surface area contributed by atoms with Crippen LogP contribution in [0.5, 0.6) is 0 Å². The Morgan fingerprint density at radius 1 is 1.10 bits per heavy atom. The highest BCUT2D eigenvalue weighted by Crippen LogP contribution is 2.24. The normalized spacial score (nSPS) is 15.3. The fourth-order valence-electron chi connectivity index (χ4n) is 2.71. The monoisotopic (exact) mass is 301 g/mol. The lowest BCUT2D eigenvalue weighted by atomic mass is 10.1. The van der Waals surface area contributed by atoms with Gasteiger partial charge in [-0.05, 0) is 43.3 Å². The second-order valence-corrected chi connectivity index (χ2v) is 5.72. The summed E-state index contributed by atoms with van der Waals surface area (Å²) < 4.78 is 0.435. The minimum atomic E-state index is 0.435. The Bertz CT molecular complexity index is 688. The smallest absolute Gasteiger partial charge is 0.215 e. The van der Waals surface area contributed by atoms with E-state index in [9.17, 15) is 0 Å². The van der Waals surface area contributed by atoms with Gasteiger partial charge in [-0.3, -0.25) is 5.10 Å². The Balaban J connectivity index is 1.73. The molecule has 1 N–H and O–H groups in total. The molecule has 1 aliphatic rings. The van der Waals surface area contributed by atoms with E-state index >= 15 is 0 Å². The molecule has 0 amide bonds. The summed E-state index contributed by atoms with van der Waals surface area (Å²) >= 11 is 5.03. The first-order chi connectivity index (χ1) is 10.1. The van der Waals surface area contributed by atoms with Crippen molar-refractivity contribution in [3.63, 3.8) is 0 Å². The topological polar surface area (TPSA) is 48.0 Å². The number of aromatic nitrogens is 3. The lowest BCUT2D eigenvalue weighted by molar-refractivity contribution is 0.642. The molecule has 3 rings (SSSR count). The molecule has 2 heterocycles. The van der Waals surface area contributed by atoms with Crippen LogP contribution in [-0.2, 0) is 0 Å². The van der Waals surface area contributed by atoms with Gasteiger partial charge < -0.3 is 9.80 Å². The largest absolute Gasteiger partial charge is 0.368 e. The van der Waals surface area contributed by atoms with E-state index in [-0.39, 0.29) is 0 Å². The molecule has 2 aromatic rings. The third-order valence-electron chi connectivity index (χ3n) is 4.08. The minimum absolute atomic E-state index is 0.435. The molecule has 0 spiro atoms. The predicted octanol–water partition coefficient (Wildman–Crippen LogP) is 2.48. The molecule has 0 bridgehead atoms. The van der Waals surface area contributed by atoms with Gasteiger partial charge in [0.1, 0.15) is 0 Å². The van der Waals surface area contributed by atoms with Gasteiger partial charge in [0.25, 0.3) is 0 Å². The predicted molar refractivity (Wildman–Crippen MR) is 87.6 cm³/mol. The van der Waals surface area contributed by atoms with Crippen LogP contribution < -0.4 is 9.80 Å². The van der Waals surface area contributed by atoms with Crippen LogP contribution in [0.15, 0.2) is 24.4 Å². The van der Waals surface area contributed by atoms with Gasteiger partial charge in [0.15, 0.2) is 5.82 Å². The third-order valence-corrected chi connectivity index (χ3v) is 4.26. The number of nitrogens with zero attached hydrogens (tertiary/aromatic N) is 4. The highest BCUT2D eigenvalue weighted by Gasteiger charge is 2.19. The summed E-state index contributed by atoms with van der Waals surface area (Å²) in [5.74, 6) is 0.861. The Hall–Kier alpha value is -1.95. The number of hydrogen-bond acceptors (Lipinski definition) is 5. The molecule has 1 saturated heterocycles. The summed E-state index contributed by atoms with van der Waals surface area (Å²) in [5.41, 5.74) is 4.05. The summed E-state index contributed by atoms with van der Waals surface area (Å²) in [6.45, 7) is 8.19. The van der Waals surface area contributed by atoms with Crippen molar-refractivity contribution >= 4 is 23.7 Å². The average molecular weight is 301 g/mol. The summed E-state index contributed by atoms with van der Waals surface area (Å²) in [6, 6.07) is 6.50. The van der Waals surface area contributed by atoms with Crippen molar-refractivity contribution in [3.8, 4) is 0 Å². The van der Waals surface area contributed by atoms with Crippen LogP contribution >= 0.6 is 12.2 Å². The maximum Gasteiger partial charge on any atom is 0.215 e.